The van der Waals surface area contributed by atoms with Crippen LogP contribution in [-0.2, 0) is 24.0 Å². The average molecular weight is 383 g/mol. The fraction of sp³-hybridized carbons (Fsp3) is 0.458. The van der Waals surface area contributed by atoms with Gasteiger partial charge in [-0.25, -0.2) is 4.79 Å². The van der Waals surface area contributed by atoms with Gasteiger partial charge in [-0.2, -0.15) is 0 Å². The summed E-state index contributed by atoms with van der Waals surface area (Å²) in [6.45, 7) is 9.37. The molecule has 2 aromatic rings. The molecule has 0 heterocycles. The minimum absolute atomic E-state index is 0.361. The molecule has 152 valence electrons. The van der Waals surface area contributed by atoms with E-state index in [0.29, 0.717) is 12.6 Å². The van der Waals surface area contributed by atoms with Crippen molar-refractivity contribution in [3.05, 3.63) is 71.3 Å². The first-order valence-corrected chi connectivity index (χ1v) is 10.1. The predicted molar refractivity (Wildman–Crippen MR) is 116 cm³/mol. The lowest BCUT2D eigenvalue weighted by atomic mass is 10.0. The molecular weight excluding hydrogens is 348 g/mol. The smallest absolute Gasteiger partial charge is 0.407 e. The van der Waals surface area contributed by atoms with Gasteiger partial charge < -0.3 is 15.4 Å². The first-order chi connectivity index (χ1) is 13.3. The molecule has 4 heteroatoms. The summed E-state index contributed by atoms with van der Waals surface area (Å²) in [5.41, 5.74) is 3.44. The Morgan fingerprint density at radius 1 is 0.929 bits per heavy atom. The van der Waals surface area contributed by atoms with E-state index in [2.05, 4.69) is 72.2 Å². The Morgan fingerprint density at radius 3 is 2.29 bits per heavy atom. The Bertz CT molecular complexity index is 723. The lowest BCUT2D eigenvalue weighted by Crippen LogP contribution is -2.33. The van der Waals surface area contributed by atoms with Gasteiger partial charge >= 0.3 is 6.09 Å². The molecule has 1 amide bonds. The van der Waals surface area contributed by atoms with Crippen molar-refractivity contribution in [1.82, 2.24) is 10.6 Å². The number of benzene rings is 2. The number of hydrogen-bond acceptors (Lipinski definition) is 3. The molecule has 1 unspecified atom stereocenters. The Hall–Kier alpha value is -2.33. The summed E-state index contributed by atoms with van der Waals surface area (Å²) in [6, 6.07) is 19.6. The van der Waals surface area contributed by atoms with Crippen LogP contribution in [0.4, 0.5) is 4.79 Å². The summed E-state index contributed by atoms with van der Waals surface area (Å²) >= 11 is 0. The fourth-order valence-corrected chi connectivity index (χ4v) is 3.07. The monoisotopic (exact) mass is 382 g/mol. The summed E-state index contributed by atoms with van der Waals surface area (Å²) in [4.78, 5) is 11.7. The van der Waals surface area contributed by atoms with Crippen molar-refractivity contribution in [2.45, 2.75) is 58.6 Å². The Labute approximate surface area is 169 Å². The van der Waals surface area contributed by atoms with Crippen molar-refractivity contribution < 1.29 is 9.53 Å². The standard InChI is InChI=1S/C24H34N2O2/c1-19(25-15-13-20-9-6-5-7-10-20)17-22-12-8-11-21(18-22)14-16-26-23(27)28-24(2,3)4/h5-12,18-19,25H,13-17H2,1-4H3,(H,26,27). The van der Waals surface area contributed by atoms with Crippen LogP contribution in [0.15, 0.2) is 54.6 Å². The van der Waals surface area contributed by atoms with Gasteiger partial charge in [-0.3, -0.25) is 0 Å². The van der Waals surface area contributed by atoms with Gasteiger partial charge in [-0.05, 0) is 70.2 Å². The third-order valence-electron chi connectivity index (χ3n) is 4.36. The first-order valence-electron chi connectivity index (χ1n) is 10.1. The van der Waals surface area contributed by atoms with Crippen LogP contribution in [-0.4, -0.2) is 30.8 Å². The Morgan fingerprint density at radius 2 is 1.57 bits per heavy atom. The lowest BCUT2D eigenvalue weighted by Gasteiger charge is -2.19. The molecule has 0 saturated heterocycles. The van der Waals surface area contributed by atoms with E-state index >= 15 is 0 Å². The van der Waals surface area contributed by atoms with Crippen LogP contribution in [0.2, 0.25) is 0 Å². The van der Waals surface area contributed by atoms with Crippen LogP contribution >= 0.6 is 0 Å². The summed E-state index contributed by atoms with van der Waals surface area (Å²) in [6.07, 6.45) is 2.46. The molecule has 0 radical (unpaired) electrons. The highest BCUT2D eigenvalue weighted by Crippen LogP contribution is 2.10. The first kappa shape index (κ1) is 22.0. The topological polar surface area (TPSA) is 50.4 Å². The summed E-state index contributed by atoms with van der Waals surface area (Å²) < 4.78 is 5.26. The lowest BCUT2D eigenvalue weighted by molar-refractivity contribution is 0.0528. The summed E-state index contributed by atoms with van der Waals surface area (Å²) in [5.74, 6) is 0. The van der Waals surface area contributed by atoms with Crippen molar-refractivity contribution in [1.29, 1.82) is 0 Å². The second kappa shape index (κ2) is 10.9. The maximum atomic E-state index is 11.7. The molecule has 4 nitrogen and oxygen atoms in total. The maximum absolute atomic E-state index is 11.7. The maximum Gasteiger partial charge on any atom is 0.407 e. The molecule has 0 aliphatic heterocycles. The second-order valence-corrected chi connectivity index (χ2v) is 8.29. The van der Waals surface area contributed by atoms with Crippen LogP contribution in [0.1, 0.15) is 44.4 Å². The van der Waals surface area contributed by atoms with Crippen LogP contribution in [0.5, 0.6) is 0 Å². The minimum Gasteiger partial charge on any atom is -0.444 e. The normalized spacial score (nSPS) is 12.4. The number of amides is 1. The van der Waals surface area contributed by atoms with Crippen molar-refractivity contribution in [2.24, 2.45) is 0 Å². The number of hydrogen-bond donors (Lipinski definition) is 2. The molecule has 0 aromatic heterocycles. The quantitative estimate of drug-likeness (QED) is 0.670. The van der Waals surface area contributed by atoms with Crippen LogP contribution < -0.4 is 10.6 Å². The van der Waals surface area contributed by atoms with Gasteiger partial charge in [0.05, 0.1) is 0 Å². The van der Waals surface area contributed by atoms with E-state index < -0.39 is 5.60 Å². The molecule has 2 aromatic carbocycles. The summed E-state index contributed by atoms with van der Waals surface area (Å²) in [5, 5.41) is 6.42. The largest absolute Gasteiger partial charge is 0.444 e. The molecule has 28 heavy (non-hydrogen) atoms. The van der Waals surface area contributed by atoms with Crippen molar-refractivity contribution in [3.8, 4) is 0 Å². The van der Waals surface area contributed by atoms with Gasteiger partial charge in [0.15, 0.2) is 0 Å². The predicted octanol–water partition coefficient (Wildman–Crippen LogP) is 4.52. The van der Waals surface area contributed by atoms with Crippen LogP contribution in [0.3, 0.4) is 0 Å². The van der Waals surface area contributed by atoms with E-state index in [0.717, 1.165) is 25.8 Å². The Balaban J connectivity index is 1.72. The summed E-state index contributed by atoms with van der Waals surface area (Å²) in [7, 11) is 0. The van der Waals surface area contributed by atoms with Crippen molar-refractivity contribution in [3.63, 3.8) is 0 Å². The zero-order valence-corrected chi connectivity index (χ0v) is 17.6. The van der Waals surface area contributed by atoms with Crippen molar-refractivity contribution >= 4 is 6.09 Å². The van der Waals surface area contributed by atoms with Gasteiger partial charge in [-0.15, -0.1) is 0 Å². The molecule has 0 aliphatic carbocycles. The SMILES string of the molecule is CC(Cc1cccc(CCNC(=O)OC(C)(C)C)c1)NCCc1ccccc1. The molecule has 0 spiro atoms. The average Bonchev–Trinajstić information content (AvgIpc) is 2.61. The van der Waals surface area contributed by atoms with Gasteiger partial charge in [0.2, 0.25) is 0 Å². The van der Waals surface area contributed by atoms with E-state index in [1.807, 2.05) is 20.8 Å². The molecule has 0 aliphatic rings. The van der Waals surface area contributed by atoms with Gasteiger partial charge in [0.1, 0.15) is 5.60 Å². The third kappa shape index (κ3) is 9.05. The van der Waals surface area contributed by atoms with E-state index in [4.69, 9.17) is 4.74 Å². The number of carbonyl (C=O) groups is 1. The molecule has 2 N–H and O–H groups in total. The second-order valence-electron chi connectivity index (χ2n) is 8.29. The van der Waals surface area contributed by atoms with Gasteiger partial charge in [0, 0.05) is 12.6 Å². The van der Waals surface area contributed by atoms with E-state index in [-0.39, 0.29) is 6.09 Å². The van der Waals surface area contributed by atoms with Crippen LogP contribution in [0.25, 0.3) is 0 Å². The fourth-order valence-electron chi connectivity index (χ4n) is 3.07. The zero-order chi connectivity index (χ0) is 20.4. The molecule has 1 atom stereocenters. The number of carbonyl (C=O) groups excluding carboxylic acids is 1. The molecule has 0 bridgehead atoms. The van der Waals surface area contributed by atoms with E-state index in [1.165, 1.54) is 16.7 Å². The van der Waals surface area contributed by atoms with Crippen LogP contribution in [0, 0.1) is 0 Å². The molecule has 0 saturated carbocycles. The van der Waals surface area contributed by atoms with Crippen molar-refractivity contribution in [2.75, 3.05) is 13.1 Å². The highest BCUT2D eigenvalue weighted by atomic mass is 16.6. The number of ether oxygens (including phenoxy) is 1. The van der Waals surface area contributed by atoms with E-state index in [1.54, 1.807) is 0 Å². The van der Waals surface area contributed by atoms with Gasteiger partial charge in [-0.1, -0.05) is 54.6 Å². The number of alkyl carbamates (subject to hydrolysis) is 1. The number of rotatable bonds is 9. The highest BCUT2D eigenvalue weighted by molar-refractivity contribution is 5.67. The van der Waals surface area contributed by atoms with Gasteiger partial charge in [0.25, 0.3) is 0 Å². The zero-order valence-electron chi connectivity index (χ0n) is 17.6. The Kier molecular flexibility index (Phi) is 8.52. The molecule has 2 rings (SSSR count). The third-order valence-corrected chi connectivity index (χ3v) is 4.36. The molecule has 0 fully saturated rings. The highest BCUT2D eigenvalue weighted by Gasteiger charge is 2.15. The minimum atomic E-state index is -0.465. The number of nitrogens with one attached hydrogen (secondary N) is 2. The molecular formula is C24H34N2O2. The van der Waals surface area contributed by atoms with E-state index in [9.17, 15) is 4.79 Å².